The maximum atomic E-state index is 12.7. The van der Waals surface area contributed by atoms with Crippen molar-refractivity contribution in [1.82, 2.24) is 9.97 Å². The molecule has 0 saturated carbocycles. The number of benzene rings is 2. The van der Waals surface area contributed by atoms with Crippen molar-refractivity contribution in [1.29, 1.82) is 0 Å². The van der Waals surface area contributed by atoms with Crippen molar-refractivity contribution < 1.29 is 13.2 Å². The molecular weight excluding hydrogens is 369 g/mol. The summed E-state index contributed by atoms with van der Waals surface area (Å²) in [5.41, 5.74) is 0.794. The number of H-pyrrole nitrogens is 1. The van der Waals surface area contributed by atoms with Crippen LogP contribution in [0.25, 0.3) is 22.4 Å². The Hall–Kier alpha value is -1.53. The van der Waals surface area contributed by atoms with Crippen molar-refractivity contribution in [2.75, 3.05) is 0 Å². The molecule has 1 N–H and O–H groups in total. The molecule has 0 unspecified atom stereocenters. The van der Waals surface area contributed by atoms with E-state index in [2.05, 4.69) is 25.9 Å². The van der Waals surface area contributed by atoms with E-state index < -0.39 is 11.7 Å². The number of alkyl halides is 3. The van der Waals surface area contributed by atoms with Gasteiger partial charge >= 0.3 is 6.18 Å². The lowest BCUT2D eigenvalue weighted by Crippen LogP contribution is -2.04. The SMILES string of the molecule is FC(F)(F)c1ccc2nc(-c3ccc(Br)c(Cl)c3)[nH]c2c1. The number of nitrogens with zero attached hydrogens (tertiary/aromatic N) is 1. The van der Waals surface area contributed by atoms with Crippen LogP contribution in [0.3, 0.4) is 0 Å². The van der Waals surface area contributed by atoms with Crippen molar-refractivity contribution in [3.05, 3.63) is 51.5 Å². The van der Waals surface area contributed by atoms with Gasteiger partial charge < -0.3 is 4.98 Å². The number of fused-ring (bicyclic) bond motifs is 1. The first kappa shape index (κ1) is 14.4. The Labute approximate surface area is 131 Å². The number of rotatable bonds is 1. The van der Waals surface area contributed by atoms with Crippen LogP contribution in [-0.2, 0) is 6.18 Å². The highest BCUT2D eigenvalue weighted by molar-refractivity contribution is 9.10. The summed E-state index contributed by atoms with van der Waals surface area (Å²) in [6.45, 7) is 0. The van der Waals surface area contributed by atoms with Crippen LogP contribution in [0.1, 0.15) is 5.56 Å². The van der Waals surface area contributed by atoms with Gasteiger partial charge in [-0.3, -0.25) is 0 Å². The Morgan fingerprint density at radius 1 is 1.10 bits per heavy atom. The average molecular weight is 376 g/mol. The molecule has 2 nitrogen and oxygen atoms in total. The lowest BCUT2D eigenvalue weighted by atomic mass is 10.2. The molecule has 0 aliphatic rings. The van der Waals surface area contributed by atoms with Gasteiger partial charge in [-0.15, -0.1) is 0 Å². The summed E-state index contributed by atoms with van der Waals surface area (Å²) in [7, 11) is 0. The second-order valence-corrected chi connectivity index (χ2v) is 5.71. The third-order valence-electron chi connectivity index (χ3n) is 3.00. The minimum Gasteiger partial charge on any atom is -0.338 e. The van der Waals surface area contributed by atoms with Gasteiger partial charge in [0, 0.05) is 10.0 Å². The summed E-state index contributed by atoms with van der Waals surface area (Å²) in [6, 6.07) is 8.63. The maximum Gasteiger partial charge on any atom is 0.416 e. The Kier molecular flexibility index (Phi) is 3.45. The van der Waals surface area contributed by atoms with Gasteiger partial charge in [-0.1, -0.05) is 17.7 Å². The fraction of sp³-hybridized carbons (Fsp3) is 0.0714. The van der Waals surface area contributed by atoms with Crippen LogP contribution in [0, 0.1) is 0 Å². The predicted molar refractivity (Wildman–Crippen MR) is 79.2 cm³/mol. The molecule has 0 atom stereocenters. The normalized spacial score (nSPS) is 12.0. The number of aromatic amines is 1. The lowest BCUT2D eigenvalue weighted by molar-refractivity contribution is -0.137. The quantitative estimate of drug-likeness (QED) is 0.584. The Morgan fingerprint density at radius 3 is 2.52 bits per heavy atom. The molecule has 1 aromatic heterocycles. The van der Waals surface area contributed by atoms with E-state index in [1.165, 1.54) is 6.07 Å². The van der Waals surface area contributed by atoms with Crippen molar-refractivity contribution in [3.8, 4) is 11.4 Å². The standard InChI is InChI=1S/C14H7BrClF3N2/c15-9-3-1-7(5-10(9)16)13-20-11-4-2-8(14(17,18)19)6-12(11)21-13/h1-6H,(H,20,21). The van der Waals surface area contributed by atoms with Gasteiger partial charge in [0.05, 0.1) is 21.6 Å². The van der Waals surface area contributed by atoms with Crippen LogP contribution in [0.5, 0.6) is 0 Å². The first-order valence-corrected chi connectivity index (χ1v) is 7.04. The molecule has 0 amide bonds. The Balaban J connectivity index is 2.10. The van der Waals surface area contributed by atoms with E-state index >= 15 is 0 Å². The van der Waals surface area contributed by atoms with Gasteiger partial charge in [0.1, 0.15) is 5.82 Å². The van der Waals surface area contributed by atoms with Crippen LogP contribution in [-0.4, -0.2) is 9.97 Å². The number of aromatic nitrogens is 2. The summed E-state index contributed by atoms with van der Waals surface area (Å²) in [6.07, 6.45) is -4.37. The molecule has 0 spiro atoms. The average Bonchev–Trinajstić information content (AvgIpc) is 2.83. The molecule has 2 aromatic carbocycles. The summed E-state index contributed by atoms with van der Waals surface area (Å²) in [5.74, 6) is 0.471. The van der Waals surface area contributed by atoms with Gasteiger partial charge in [0.2, 0.25) is 0 Å². The molecular formula is C14H7BrClF3N2. The fourth-order valence-electron chi connectivity index (χ4n) is 1.97. The van der Waals surface area contributed by atoms with E-state index in [0.29, 0.717) is 27.4 Å². The van der Waals surface area contributed by atoms with Gasteiger partial charge in [0.25, 0.3) is 0 Å². The van der Waals surface area contributed by atoms with Crippen molar-refractivity contribution in [2.24, 2.45) is 0 Å². The van der Waals surface area contributed by atoms with Crippen LogP contribution in [0.2, 0.25) is 5.02 Å². The largest absolute Gasteiger partial charge is 0.416 e. The molecule has 3 aromatic rings. The molecule has 7 heteroatoms. The van der Waals surface area contributed by atoms with Gasteiger partial charge in [-0.05, 0) is 46.3 Å². The topological polar surface area (TPSA) is 28.7 Å². The summed E-state index contributed by atoms with van der Waals surface area (Å²) in [4.78, 5) is 7.17. The molecule has 0 radical (unpaired) electrons. The molecule has 0 fully saturated rings. The summed E-state index contributed by atoms with van der Waals surface area (Å²) in [5, 5.41) is 0.504. The van der Waals surface area contributed by atoms with E-state index in [1.54, 1.807) is 18.2 Å². The van der Waals surface area contributed by atoms with E-state index in [1.807, 2.05) is 0 Å². The zero-order valence-electron chi connectivity index (χ0n) is 10.3. The Bertz CT molecular complexity index is 827. The zero-order chi connectivity index (χ0) is 15.2. The first-order chi connectivity index (χ1) is 9.84. The second kappa shape index (κ2) is 5.03. The number of nitrogens with one attached hydrogen (secondary N) is 1. The minimum atomic E-state index is -4.37. The molecule has 0 bridgehead atoms. The van der Waals surface area contributed by atoms with Crippen molar-refractivity contribution >= 4 is 38.6 Å². The van der Waals surface area contributed by atoms with Gasteiger partial charge in [0.15, 0.2) is 0 Å². The molecule has 3 rings (SSSR count). The zero-order valence-corrected chi connectivity index (χ0v) is 12.6. The minimum absolute atomic E-state index is 0.332. The fourth-order valence-corrected chi connectivity index (χ4v) is 2.39. The van der Waals surface area contributed by atoms with Crippen LogP contribution in [0.15, 0.2) is 40.9 Å². The molecule has 0 aliphatic heterocycles. The predicted octanol–water partition coefficient (Wildman–Crippen LogP) is 5.66. The molecule has 108 valence electrons. The molecule has 21 heavy (non-hydrogen) atoms. The van der Waals surface area contributed by atoms with Crippen LogP contribution < -0.4 is 0 Å². The van der Waals surface area contributed by atoms with Crippen LogP contribution in [0.4, 0.5) is 13.2 Å². The first-order valence-electron chi connectivity index (χ1n) is 5.87. The number of hydrogen-bond acceptors (Lipinski definition) is 1. The number of hydrogen-bond donors (Lipinski definition) is 1. The summed E-state index contributed by atoms with van der Waals surface area (Å²) >= 11 is 9.29. The highest BCUT2D eigenvalue weighted by Crippen LogP contribution is 2.32. The Morgan fingerprint density at radius 2 is 1.86 bits per heavy atom. The van der Waals surface area contributed by atoms with Crippen molar-refractivity contribution in [3.63, 3.8) is 0 Å². The number of imidazole rings is 1. The van der Waals surface area contributed by atoms with Gasteiger partial charge in [-0.2, -0.15) is 13.2 Å². The van der Waals surface area contributed by atoms with E-state index in [-0.39, 0.29) is 0 Å². The highest BCUT2D eigenvalue weighted by Gasteiger charge is 2.30. The molecule has 1 heterocycles. The van der Waals surface area contributed by atoms with E-state index in [0.717, 1.165) is 16.6 Å². The monoisotopic (exact) mass is 374 g/mol. The van der Waals surface area contributed by atoms with Crippen molar-refractivity contribution in [2.45, 2.75) is 6.18 Å². The molecule has 0 aliphatic carbocycles. The van der Waals surface area contributed by atoms with Gasteiger partial charge in [-0.25, -0.2) is 4.98 Å². The lowest BCUT2D eigenvalue weighted by Gasteiger charge is -2.05. The van der Waals surface area contributed by atoms with E-state index in [4.69, 9.17) is 11.6 Å². The third kappa shape index (κ3) is 2.78. The second-order valence-electron chi connectivity index (χ2n) is 4.44. The highest BCUT2D eigenvalue weighted by atomic mass is 79.9. The smallest absolute Gasteiger partial charge is 0.338 e. The molecule has 0 saturated heterocycles. The van der Waals surface area contributed by atoms with Crippen LogP contribution >= 0.6 is 27.5 Å². The number of halogens is 5. The van der Waals surface area contributed by atoms with E-state index in [9.17, 15) is 13.2 Å². The third-order valence-corrected chi connectivity index (χ3v) is 4.23. The summed E-state index contributed by atoms with van der Waals surface area (Å²) < 4.78 is 38.8. The maximum absolute atomic E-state index is 12.7.